The minimum Gasteiger partial charge on any atom is -0.467 e. The molecule has 0 saturated carbocycles. The minimum absolute atomic E-state index is 0.0743. The summed E-state index contributed by atoms with van der Waals surface area (Å²) < 4.78 is 4.71. The molecule has 0 aromatic heterocycles. The summed E-state index contributed by atoms with van der Waals surface area (Å²) in [7, 11) is 4.76. The standard InChI is InChI=1S/C14H20N2O3/c1-5-12(14(18)19-4)15-11-8-6-7-10(9-11)13(17)16(2)3/h6-9,12,15H,5H2,1-4H3. The van der Waals surface area contributed by atoms with Crippen LogP contribution in [0.25, 0.3) is 0 Å². The summed E-state index contributed by atoms with van der Waals surface area (Å²) in [5.41, 5.74) is 1.31. The van der Waals surface area contributed by atoms with Crippen LogP contribution >= 0.6 is 0 Å². The first-order valence-corrected chi connectivity index (χ1v) is 6.15. The van der Waals surface area contributed by atoms with Crippen LogP contribution in [0.5, 0.6) is 0 Å². The Kier molecular flexibility index (Phi) is 5.36. The smallest absolute Gasteiger partial charge is 0.328 e. The van der Waals surface area contributed by atoms with Gasteiger partial charge in [0.05, 0.1) is 7.11 Å². The van der Waals surface area contributed by atoms with Gasteiger partial charge in [-0.2, -0.15) is 0 Å². The molecule has 0 saturated heterocycles. The van der Waals surface area contributed by atoms with Gasteiger partial charge in [0.2, 0.25) is 0 Å². The maximum atomic E-state index is 11.8. The number of rotatable bonds is 5. The molecule has 0 fully saturated rings. The lowest BCUT2D eigenvalue weighted by Crippen LogP contribution is -2.30. The van der Waals surface area contributed by atoms with Gasteiger partial charge in [0.15, 0.2) is 0 Å². The second-order valence-electron chi connectivity index (χ2n) is 4.41. The monoisotopic (exact) mass is 264 g/mol. The number of anilines is 1. The highest BCUT2D eigenvalue weighted by molar-refractivity contribution is 5.95. The zero-order valence-electron chi connectivity index (χ0n) is 11.8. The van der Waals surface area contributed by atoms with E-state index in [1.165, 1.54) is 12.0 Å². The molecule has 1 amide bonds. The van der Waals surface area contributed by atoms with Crippen molar-refractivity contribution in [1.29, 1.82) is 0 Å². The van der Waals surface area contributed by atoms with Crippen molar-refractivity contribution in [2.24, 2.45) is 0 Å². The Morgan fingerprint density at radius 3 is 2.58 bits per heavy atom. The number of ether oxygens (including phenoxy) is 1. The number of nitrogens with zero attached hydrogens (tertiary/aromatic N) is 1. The number of hydrogen-bond acceptors (Lipinski definition) is 4. The molecule has 5 nitrogen and oxygen atoms in total. The molecule has 19 heavy (non-hydrogen) atoms. The topological polar surface area (TPSA) is 58.6 Å². The van der Waals surface area contributed by atoms with Gasteiger partial charge in [0.25, 0.3) is 5.91 Å². The Hall–Kier alpha value is -2.04. The van der Waals surface area contributed by atoms with Crippen LogP contribution in [-0.2, 0) is 9.53 Å². The quantitative estimate of drug-likeness (QED) is 0.823. The van der Waals surface area contributed by atoms with Crippen LogP contribution in [0.1, 0.15) is 23.7 Å². The van der Waals surface area contributed by atoms with Gasteiger partial charge in [-0.25, -0.2) is 4.79 Å². The van der Waals surface area contributed by atoms with E-state index in [9.17, 15) is 9.59 Å². The fourth-order valence-corrected chi connectivity index (χ4v) is 1.67. The van der Waals surface area contributed by atoms with Gasteiger partial charge in [0, 0.05) is 25.3 Å². The molecule has 0 aliphatic carbocycles. The van der Waals surface area contributed by atoms with Crippen LogP contribution in [0.3, 0.4) is 0 Å². The van der Waals surface area contributed by atoms with Crippen molar-refractivity contribution in [2.45, 2.75) is 19.4 Å². The zero-order chi connectivity index (χ0) is 14.4. The number of methoxy groups -OCH3 is 1. The Labute approximate surface area is 113 Å². The van der Waals surface area contributed by atoms with Crippen LogP contribution in [0.4, 0.5) is 5.69 Å². The van der Waals surface area contributed by atoms with Crippen LogP contribution in [-0.4, -0.2) is 44.0 Å². The molecule has 1 aromatic carbocycles. The van der Waals surface area contributed by atoms with Crippen molar-refractivity contribution in [1.82, 2.24) is 4.90 Å². The summed E-state index contributed by atoms with van der Waals surface area (Å²) in [6, 6.07) is 6.66. The summed E-state index contributed by atoms with van der Waals surface area (Å²) in [5, 5.41) is 3.07. The Morgan fingerprint density at radius 1 is 1.37 bits per heavy atom. The van der Waals surface area contributed by atoms with E-state index < -0.39 is 6.04 Å². The molecule has 1 N–H and O–H groups in total. The molecular weight excluding hydrogens is 244 g/mol. The van der Waals surface area contributed by atoms with E-state index in [1.54, 1.807) is 32.3 Å². The molecule has 0 radical (unpaired) electrons. The second kappa shape index (κ2) is 6.78. The molecule has 5 heteroatoms. The van der Waals surface area contributed by atoms with Gasteiger partial charge in [-0.05, 0) is 24.6 Å². The molecule has 0 aliphatic rings. The maximum Gasteiger partial charge on any atom is 0.328 e. The number of benzene rings is 1. The highest BCUT2D eigenvalue weighted by atomic mass is 16.5. The maximum absolute atomic E-state index is 11.8. The van der Waals surface area contributed by atoms with Gasteiger partial charge in [-0.15, -0.1) is 0 Å². The van der Waals surface area contributed by atoms with E-state index >= 15 is 0 Å². The first kappa shape index (κ1) is 15.0. The van der Waals surface area contributed by atoms with E-state index in [0.717, 1.165) is 5.69 Å². The number of amides is 1. The zero-order valence-corrected chi connectivity index (χ0v) is 11.8. The molecule has 104 valence electrons. The molecule has 0 heterocycles. The summed E-state index contributed by atoms with van der Waals surface area (Å²) in [6.45, 7) is 1.89. The number of nitrogens with one attached hydrogen (secondary N) is 1. The van der Waals surface area contributed by atoms with Crippen molar-refractivity contribution in [3.63, 3.8) is 0 Å². The highest BCUT2D eigenvalue weighted by Gasteiger charge is 2.17. The largest absolute Gasteiger partial charge is 0.467 e. The third-order valence-corrected chi connectivity index (χ3v) is 2.75. The van der Waals surface area contributed by atoms with Gasteiger partial charge in [-0.1, -0.05) is 13.0 Å². The van der Waals surface area contributed by atoms with Gasteiger partial charge < -0.3 is 15.0 Å². The van der Waals surface area contributed by atoms with Crippen molar-refractivity contribution in [3.05, 3.63) is 29.8 Å². The predicted molar refractivity (Wildman–Crippen MR) is 74.2 cm³/mol. The third-order valence-electron chi connectivity index (χ3n) is 2.75. The van der Waals surface area contributed by atoms with E-state index in [1.807, 2.05) is 13.0 Å². The first-order chi connectivity index (χ1) is 8.99. The minimum atomic E-state index is -0.408. The van der Waals surface area contributed by atoms with Gasteiger partial charge >= 0.3 is 5.97 Å². The molecule has 0 aliphatic heterocycles. The Balaban J connectivity index is 2.87. The lowest BCUT2D eigenvalue weighted by molar-refractivity contribution is -0.141. The summed E-state index contributed by atoms with van der Waals surface area (Å²) in [4.78, 5) is 24.9. The molecule has 1 atom stereocenters. The fourth-order valence-electron chi connectivity index (χ4n) is 1.67. The predicted octanol–water partition coefficient (Wildman–Crippen LogP) is 1.75. The molecule has 1 rings (SSSR count). The summed E-state index contributed by atoms with van der Waals surface area (Å²) >= 11 is 0. The van der Waals surface area contributed by atoms with Gasteiger partial charge in [-0.3, -0.25) is 4.79 Å². The average Bonchev–Trinajstić information content (AvgIpc) is 2.43. The van der Waals surface area contributed by atoms with Crippen LogP contribution in [0.15, 0.2) is 24.3 Å². The number of esters is 1. The average molecular weight is 264 g/mol. The summed E-state index contributed by atoms with van der Waals surface area (Å²) in [6.07, 6.45) is 0.610. The molecular formula is C14H20N2O3. The fraction of sp³-hybridized carbons (Fsp3) is 0.429. The number of carbonyl (C=O) groups excluding carboxylic acids is 2. The summed E-state index contributed by atoms with van der Waals surface area (Å²) in [5.74, 6) is -0.387. The normalized spacial score (nSPS) is 11.6. The molecule has 1 aromatic rings. The third kappa shape index (κ3) is 3.98. The van der Waals surface area contributed by atoms with Crippen molar-refractivity contribution in [2.75, 3.05) is 26.5 Å². The van der Waals surface area contributed by atoms with E-state index in [2.05, 4.69) is 5.32 Å². The Morgan fingerprint density at radius 2 is 2.05 bits per heavy atom. The van der Waals surface area contributed by atoms with Gasteiger partial charge in [0.1, 0.15) is 6.04 Å². The number of carbonyl (C=O) groups is 2. The van der Waals surface area contributed by atoms with Crippen molar-refractivity contribution < 1.29 is 14.3 Å². The second-order valence-corrected chi connectivity index (χ2v) is 4.41. The van der Waals surface area contributed by atoms with Crippen LogP contribution in [0, 0.1) is 0 Å². The number of hydrogen-bond donors (Lipinski definition) is 1. The molecule has 0 spiro atoms. The SMILES string of the molecule is CCC(Nc1cccc(C(=O)N(C)C)c1)C(=O)OC. The molecule has 0 bridgehead atoms. The van der Waals surface area contributed by atoms with Crippen LogP contribution in [0.2, 0.25) is 0 Å². The van der Waals surface area contributed by atoms with E-state index in [-0.39, 0.29) is 11.9 Å². The lowest BCUT2D eigenvalue weighted by atomic mass is 10.1. The highest BCUT2D eigenvalue weighted by Crippen LogP contribution is 2.14. The van der Waals surface area contributed by atoms with E-state index in [4.69, 9.17) is 4.74 Å². The Bertz CT molecular complexity index is 458. The lowest BCUT2D eigenvalue weighted by Gasteiger charge is -2.17. The van der Waals surface area contributed by atoms with Crippen molar-refractivity contribution >= 4 is 17.6 Å². The molecule has 1 unspecified atom stereocenters. The van der Waals surface area contributed by atoms with Crippen LogP contribution < -0.4 is 5.32 Å². The van der Waals surface area contributed by atoms with E-state index in [0.29, 0.717) is 12.0 Å². The first-order valence-electron chi connectivity index (χ1n) is 6.15. The van der Waals surface area contributed by atoms with Crippen molar-refractivity contribution in [3.8, 4) is 0 Å².